The topological polar surface area (TPSA) is 36.3 Å². The van der Waals surface area contributed by atoms with Gasteiger partial charge in [0.15, 0.2) is 0 Å². The van der Waals surface area contributed by atoms with Gasteiger partial charge in [-0.2, -0.15) is 0 Å². The van der Waals surface area contributed by atoms with E-state index in [1.54, 1.807) is 7.11 Å². The lowest BCUT2D eigenvalue weighted by molar-refractivity contribution is 0.301. The van der Waals surface area contributed by atoms with Crippen LogP contribution >= 0.6 is 0 Å². The molecule has 4 heteroatoms. The maximum atomic E-state index is 5.89. The summed E-state index contributed by atoms with van der Waals surface area (Å²) in [7, 11) is 1.67. The van der Waals surface area contributed by atoms with Gasteiger partial charge in [-0.1, -0.05) is 30.3 Å². The Labute approximate surface area is 152 Å². The molecule has 3 aromatic carbocycles. The first-order chi connectivity index (χ1) is 12.8. The Morgan fingerprint density at radius 1 is 0.808 bits per heavy atom. The summed E-state index contributed by atoms with van der Waals surface area (Å²) in [5.41, 5.74) is 3.15. The molecule has 0 fully saturated rings. The summed E-state index contributed by atoms with van der Waals surface area (Å²) in [6, 6.07) is 26.0. The predicted molar refractivity (Wildman–Crippen MR) is 104 cm³/mol. The lowest BCUT2D eigenvalue weighted by Gasteiger charge is -2.11. The number of hydrogen-bond acceptors (Lipinski definition) is 3. The highest BCUT2D eigenvalue weighted by molar-refractivity contribution is 5.80. The molecule has 0 atom stereocenters. The van der Waals surface area contributed by atoms with E-state index in [-0.39, 0.29) is 0 Å². The molecule has 0 saturated heterocycles. The zero-order valence-corrected chi connectivity index (χ0v) is 14.6. The number of para-hydroxylation sites is 3. The Bertz CT molecular complexity index is 992. The summed E-state index contributed by atoms with van der Waals surface area (Å²) < 4.78 is 13.4. The molecule has 0 aliphatic carbocycles. The predicted octanol–water partition coefficient (Wildman–Crippen LogP) is 4.79. The van der Waals surface area contributed by atoms with Crippen molar-refractivity contribution in [2.24, 2.45) is 0 Å². The summed E-state index contributed by atoms with van der Waals surface area (Å²) in [5.74, 6) is 2.65. The molecule has 4 rings (SSSR count). The second-order valence-electron chi connectivity index (χ2n) is 5.97. The van der Waals surface area contributed by atoms with Gasteiger partial charge in [0.2, 0.25) is 0 Å². The van der Waals surface area contributed by atoms with Gasteiger partial charge in [-0.15, -0.1) is 0 Å². The fraction of sp³-hybridized carbons (Fsp3) is 0.136. The Morgan fingerprint density at radius 2 is 1.54 bits per heavy atom. The van der Waals surface area contributed by atoms with Crippen LogP contribution in [0.5, 0.6) is 11.5 Å². The van der Waals surface area contributed by atoms with Crippen LogP contribution in [0, 0.1) is 0 Å². The van der Waals surface area contributed by atoms with Gasteiger partial charge < -0.3 is 14.0 Å². The Kier molecular flexibility index (Phi) is 4.56. The molecule has 26 heavy (non-hydrogen) atoms. The van der Waals surface area contributed by atoms with E-state index in [9.17, 15) is 0 Å². The van der Waals surface area contributed by atoms with E-state index in [1.807, 2.05) is 72.8 Å². The van der Waals surface area contributed by atoms with Crippen molar-refractivity contribution in [3.05, 3.63) is 78.9 Å². The zero-order chi connectivity index (χ0) is 17.8. The minimum absolute atomic E-state index is 0.577. The molecule has 0 unspecified atom stereocenters. The first-order valence-electron chi connectivity index (χ1n) is 8.63. The number of rotatable bonds is 6. The van der Waals surface area contributed by atoms with Crippen LogP contribution < -0.4 is 9.47 Å². The van der Waals surface area contributed by atoms with Crippen molar-refractivity contribution in [1.82, 2.24) is 9.55 Å². The van der Waals surface area contributed by atoms with Crippen LogP contribution in [0.1, 0.15) is 0 Å². The molecule has 0 spiro atoms. The highest BCUT2D eigenvalue weighted by Gasteiger charge is 2.12. The molecule has 0 amide bonds. The summed E-state index contributed by atoms with van der Waals surface area (Å²) in [4.78, 5) is 4.83. The fourth-order valence-corrected chi connectivity index (χ4v) is 3.03. The molecule has 130 valence electrons. The second-order valence-corrected chi connectivity index (χ2v) is 5.97. The number of aromatic nitrogens is 2. The van der Waals surface area contributed by atoms with Crippen molar-refractivity contribution in [3.8, 4) is 22.9 Å². The third-order valence-electron chi connectivity index (χ3n) is 4.33. The van der Waals surface area contributed by atoms with Gasteiger partial charge in [-0.3, -0.25) is 0 Å². The third-order valence-corrected chi connectivity index (χ3v) is 4.33. The summed E-state index contributed by atoms with van der Waals surface area (Å²) >= 11 is 0. The Hall–Kier alpha value is -3.27. The molecule has 1 heterocycles. The van der Waals surface area contributed by atoms with Crippen LogP contribution in [0.2, 0.25) is 0 Å². The van der Waals surface area contributed by atoms with Crippen LogP contribution in [-0.2, 0) is 6.54 Å². The van der Waals surface area contributed by atoms with Crippen LogP contribution in [0.15, 0.2) is 78.9 Å². The standard InChI is InChI=1S/C22H20N2O2/c1-25-18-13-11-17(12-14-18)22-23-20-9-5-6-10-21(20)24(22)15-16-26-19-7-3-2-4-8-19/h2-14H,15-16H2,1H3. The fourth-order valence-electron chi connectivity index (χ4n) is 3.03. The van der Waals surface area contributed by atoms with E-state index in [0.717, 1.165) is 40.5 Å². The molecule has 0 radical (unpaired) electrons. The smallest absolute Gasteiger partial charge is 0.141 e. The van der Waals surface area contributed by atoms with Crippen LogP contribution in [0.4, 0.5) is 0 Å². The molecule has 0 N–H and O–H groups in total. The molecule has 0 bridgehead atoms. The van der Waals surface area contributed by atoms with Crippen LogP contribution in [0.25, 0.3) is 22.4 Å². The first kappa shape index (κ1) is 16.2. The number of imidazole rings is 1. The molecule has 4 aromatic rings. The van der Waals surface area contributed by atoms with Crippen LogP contribution in [0.3, 0.4) is 0 Å². The Balaban J connectivity index is 1.65. The summed E-state index contributed by atoms with van der Waals surface area (Å²) in [6.07, 6.45) is 0. The summed E-state index contributed by atoms with van der Waals surface area (Å²) in [5, 5.41) is 0. The number of ether oxygens (including phenoxy) is 2. The normalized spacial score (nSPS) is 10.8. The van der Waals surface area contributed by atoms with Gasteiger partial charge in [0.1, 0.15) is 23.9 Å². The number of nitrogens with zero attached hydrogens (tertiary/aromatic N) is 2. The van der Waals surface area contributed by atoms with E-state index >= 15 is 0 Å². The zero-order valence-electron chi connectivity index (χ0n) is 14.6. The number of hydrogen-bond donors (Lipinski definition) is 0. The van der Waals surface area contributed by atoms with Crippen molar-refractivity contribution in [1.29, 1.82) is 0 Å². The average Bonchev–Trinajstić information content (AvgIpc) is 3.08. The second kappa shape index (κ2) is 7.31. The van der Waals surface area contributed by atoms with Gasteiger partial charge in [-0.05, 0) is 48.5 Å². The van der Waals surface area contributed by atoms with Crippen molar-refractivity contribution in [2.45, 2.75) is 6.54 Å². The molecule has 0 aliphatic rings. The molecular weight excluding hydrogens is 324 g/mol. The minimum Gasteiger partial charge on any atom is -0.497 e. The van der Waals surface area contributed by atoms with E-state index in [4.69, 9.17) is 14.5 Å². The molecular formula is C22H20N2O2. The lowest BCUT2D eigenvalue weighted by atomic mass is 10.2. The largest absolute Gasteiger partial charge is 0.497 e. The van der Waals surface area contributed by atoms with Crippen molar-refractivity contribution in [2.75, 3.05) is 13.7 Å². The number of fused-ring (bicyclic) bond motifs is 1. The first-order valence-corrected chi connectivity index (χ1v) is 8.63. The van der Waals surface area contributed by atoms with Gasteiger partial charge >= 0.3 is 0 Å². The van der Waals surface area contributed by atoms with E-state index in [0.29, 0.717) is 6.61 Å². The summed E-state index contributed by atoms with van der Waals surface area (Å²) in [6.45, 7) is 1.30. The molecule has 0 aliphatic heterocycles. The maximum absolute atomic E-state index is 5.89. The quantitative estimate of drug-likeness (QED) is 0.504. The van der Waals surface area contributed by atoms with E-state index in [2.05, 4.69) is 10.6 Å². The van der Waals surface area contributed by atoms with Gasteiger partial charge in [0.25, 0.3) is 0 Å². The van der Waals surface area contributed by atoms with Crippen molar-refractivity contribution in [3.63, 3.8) is 0 Å². The molecule has 4 nitrogen and oxygen atoms in total. The Morgan fingerprint density at radius 3 is 2.31 bits per heavy atom. The van der Waals surface area contributed by atoms with E-state index in [1.165, 1.54) is 0 Å². The van der Waals surface area contributed by atoms with Crippen LogP contribution in [-0.4, -0.2) is 23.3 Å². The van der Waals surface area contributed by atoms with Gasteiger partial charge in [0, 0.05) is 5.56 Å². The minimum atomic E-state index is 0.577. The van der Waals surface area contributed by atoms with Gasteiger partial charge in [0.05, 0.1) is 24.7 Å². The number of methoxy groups -OCH3 is 1. The SMILES string of the molecule is COc1ccc(-c2nc3ccccc3n2CCOc2ccccc2)cc1. The van der Waals surface area contributed by atoms with Crippen molar-refractivity contribution < 1.29 is 9.47 Å². The van der Waals surface area contributed by atoms with Gasteiger partial charge in [-0.25, -0.2) is 4.98 Å². The third kappa shape index (κ3) is 3.26. The molecule has 0 saturated carbocycles. The number of benzene rings is 3. The van der Waals surface area contributed by atoms with E-state index < -0.39 is 0 Å². The highest BCUT2D eigenvalue weighted by atomic mass is 16.5. The monoisotopic (exact) mass is 344 g/mol. The lowest BCUT2D eigenvalue weighted by Crippen LogP contribution is -2.09. The maximum Gasteiger partial charge on any atom is 0.141 e. The van der Waals surface area contributed by atoms with Crippen molar-refractivity contribution >= 4 is 11.0 Å². The highest BCUT2D eigenvalue weighted by Crippen LogP contribution is 2.26. The average molecular weight is 344 g/mol. The molecule has 1 aromatic heterocycles.